The van der Waals surface area contributed by atoms with Gasteiger partial charge < -0.3 is 4.42 Å². The van der Waals surface area contributed by atoms with Gasteiger partial charge in [-0.15, -0.1) is 0 Å². The monoisotopic (exact) mass is 501 g/mol. The fraction of sp³-hybridized carbons (Fsp3) is 0. The largest absolute Gasteiger partial charge is 0.456 e. The van der Waals surface area contributed by atoms with Crippen molar-refractivity contribution in [3.63, 3.8) is 0 Å². The number of benzene rings is 4. The average molecular weight is 502 g/mol. The lowest BCUT2D eigenvalue weighted by Gasteiger charge is -2.08. The van der Waals surface area contributed by atoms with Gasteiger partial charge in [-0.05, 0) is 54.6 Å². The van der Waals surface area contributed by atoms with Crippen LogP contribution in [0, 0.1) is 0 Å². The van der Waals surface area contributed by atoms with E-state index < -0.39 is 0 Å². The van der Waals surface area contributed by atoms with Crippen molar-refractivity contribution in [2.75, 3.05) is 0 Å². The first-order chi connectivity index (χ1) is 19.3. The Bertz CT molecular complexity index is 2400. The van der Waals surface area contributed by atoms with Gasteiger partial charge in [-0.1, -0.05) is 54.6 Å². The number of nitrogens with zero attached hydrogens (tertiary/aromatic N) is 5. The SMILES string of the molecule is c1ccc(-n2c3ccccc3c3nc4c5ncccc5n(-c5ccc6oc7ccccc7c6c5)c4nc32)cc1. The van der Waals surface area contributed by atoms with E-state index >= 15 is 0 Å². The number of pyridine rings is 1. The van der Waals surface area contributed by atoms with Gasteiger partial charge in [0.05, 0.1) is 11.0 Å². The molecule has 0 saturated carbocycles. The summed E-state index contributed by atoms with van der Waals surface area (Å²) < 4.78 is 10.5. The van der Waals surface area contributed by atoms with Crippen LogP contribution in [0.4, 0.5) is 0 Å². The highest BCUT2D eigenvalue weighted by molar-refractivity contribution is 6.12. The molecule has 0 bridgehead atoms. The van der Waals surface area contributed by atoms with Gasteiger partial charge in [0.2, 0.25) is 0 Å². The average Bonchev–Trinajstić information content (AvgIpc) is 3.63. The molecule has 5 aromatic heterocycles. The third-order valence-electron chi connectivity index (χ3n) is 7.57. The van der Waals surface area contributed by atoms with Crippen molar-refractivity contribution in [1.29, 1.82) is 0 Å². The lowest BCUT2D eigenvalue weighted by atomic mass is 10.1. The standard InChI is InChI=1S/C33H19N5O/c1-2-9-20(10-3-1)37-25-13-6-4-12-23(25)29-32(37)36-33-31(35-29)30-26(14-8-18-34-30)38(33)21-16-17-28-24(19-21)22-11-5-7-15-27(22)39-28/h1-19H. The number of aromatic nitrogens is 5. The molecule has 4 aromatic carbocycles. The van der Waals surface area contributed by atoms with Crippen molar-refractivity contribution < 1.29 is 4.42 Å². The van der Waals surface area contributed by atoms with Crippen LogP contribution < -0.4 is 0 Å². The Morgan fingerprint density at radius 3 is 2.13 bits per heavy atom. The second-order valence-electron chi connectivity index (χ2n) is 9.74. The van der Waals surface area contributed by atoms with Crippen LogP contribution in [-0.4, -0.2) is 24.1 Å². The van der Waals surface area contributed by atoms with Crippen molar-refractivity contribution in [3.8, 4) is 11.4 Å². The number of para-hydroxylation sites is 3. The van der Waals surface area contributed by atoms with Gasteiger partial charge in [0.1, 0.15) is 27.7 Å². The van der Waals surface area contributed by atoms with E-state index in [2.05, 4.69) is 69.8 Å². The molecule has 182 valence electrons. The van der Waals surface area contributed by atoms with Crippen LogP contribution >= 0.6 is 0 Å². The summed E-state index contributed by atoms with van der Waals surface area (Å²) in [6, 6.07) is 37.1. The zero-order valence-corrected chi connectivity index (χ0v) is 20.6. The summed E-state index contributed by atoms with van der Waals surface area (Å²) in [6.45, 7) is 0. The van der Waals surface area contributed by atoms with E-state index in [0.717, 1.165) is 77.6 Å². The molecule has 39 heavy (non-hydrogen) atoms. The predicted molar refractivity (Wildman–Crippen MR) is 156 cm³/mol. The Morgan fingerprint density at radius 1 is 0.487 bits per heavy atom. The van der Waals surface area contributed by atoms with Crippen LogP contribution in [0.2, 0.25) is 0 Å². The number of rotatable bonds is 2. The molecule has 0 spiro atoms. The first-order valence-electron chi connectivity index (χ1n) is 12.9. The summed E-state index contributed by atoms with van der Waals surface area (Å²) in [5, 5.41) is 3.22. The molecule has 0 unspecified atom stereocenters. The Balaban J connectivity index is 1.44. The minimum Gasteiger partial charge on any atom is -0.456 e. The molecule has 9 rings (SSSR count). The van der Waals surface area contributed by atoms with E-state index in [-0.39, 0.29) is 0 Å². The normalized spacial score (nSPS) is 12.1. The highest BCUT2D eigenvalue weighted by Crippen LogP contribution is 2.36. The van der Waals surface area contributed by atoms with Crippen molar-refractivity contribution >= 4 is 66.2 Å². The number of fused-ring (bicyclic) bond motifs is 9. The molecular weight excluding hydrogens is 482 g/mol. The lowest BCUT2D eigenvalue weighted by molar-refractivity contribution is 0.669. The Hall–Kier alpha value is -5.49. The summed E-state index contributed by atoms with van der Waals surface area (Å²) in [6.07, 6.45) is 1.82. The van der Waals surface area contributed by atoms with Gasteiger partial charge in [-0.3, -0.25) is 14.1 Å². The number of furan rings is 1. The van der Waals surface area contributed by atoms with Gasteiger partial charge in [0.25, 0.3) is 0 Å². The molecule has 5 heterocycles. The van der Waals surface area contributed by atoms with Crippen LogP contribution in [0.5, 0.6) is 0 Å². The van der Waals surface area contributed by atoms with Crippen LogP contribution in [0.1, 0.15) is 0 Å². The van der Waals surface area contributed by atoms with E-state index in [1.165, 1.54) is 0 Å². The molecular formula is C33H19N5O. The summed E-state index contributed by atoms with van der Waals surface area (Å²) in [5.41, 5.74) is 9.85. The van der Waals surface area contributed by atoms with Crippen molar-refractivity contribution in [2.24, 2.45) is 0 Å². The molecule has 0 aliphatic heterocycles. The summed E-state index contributed by atoms with van der Waals surface area (Å²) in [7, 11) is 0. The number of hydrogen-bond acceptors (Lipinski definition) is 4. The van der Waals surface area contributed by atoms with E-state index in [1.54, 1.807) is 0 Å². The molecule has 0 aliphatic carbocycles. The number of hydrogen-bond donors (Lipinski definition) is 0. The summed E-state index contributed by atoms with van der Waals surface area (Å²) in [5.74, 6) is 0. The third-order valence-corrected chi connectivity index (χ3v) is 7.57. The van der Waals surface area contributed by atoms with Crippen molar-refractivity contribution in [1.82, 2.24) is 24.1 Å². The van der Waals surface area contributed by atoms with Gasteiger partial charge in [0, 0.05) is 33.7 Å². The first-order valence-corrected chi connectivity index (χ1v) is 12.9. The van der Waals surface area contributed by atoms with E-state index in [9.17, 15) is 0 Å². The van der Waals surface area contributed by atoms with Crippen LogP contribution in [-0.2, 0) is 0 Å². The maximum atomic E-state index is 6.10. The maximum Gasteiger partial charge on any atom is 0.168 e. The van der Waals surface area contributed by atoms with E-state index in [1.807, 2.05) is 54.7 Å². The smallest absolute Gasteiger partial charge is 0.168 e. The lowest BCUT2D eigenvalue weighted by Crippen LogP contribution is -1.99. The fourth-order valence-electron chi connectivity index (χ4n) is 5.88. The second kappa shape index (κ2) is 7.52. The van der Waals surface area contributed by atoms with Crippen molar-refractivity contribution in [3.05, 3.63) is 115 Å². The summed E-state index contributed by atoms with van der Waals surface area (Å²) >= 11 is 0. The predicted octanol–water partition coefficient (Wildman–Crippen LogP) is 7.97. The van der Waals surface area contributed by atoms with Gasteiger partial charge >= 0.3 is 0 Å². The Morgan fingerprint density at radius 2 is 1.21 bits per heavy atom. The minimum atomic E-state index is 0.767. The topological polar surface area (TPSA) is 61.7 Å². The second-order valence-corrected chi connectivity index (χ2v) is 9.74. The van der Waals surface area contributed by atoms with Gasteiger partial charge in [-0.25, -0.2) is 9.97 Å². The first kappa shape index (κ1) is 20.6. The molecule has 0 N–H and O–H groups in total. The van der Waals surface area contributed by atoms with Crippen LogP contribution in [0.15, 0.2) is 120 Å². The van der Waals surface area contributed by atoms with E-state index in [4.69, 9.17) is 19.4 Å². The highest BCUT2D eigenvalue weighted by atomic mass is 16.3. The fourth-order valence-corrected chi connectivity index (χ4v) is 5.88. The molecule has 0 aliphatic rings. The Kier molecular flexibility index (Phi) is 3.96. The maximum absolute atomic E-state index is 6.10. The molecule has 0 radical (unpaired) electrons. The molecule has 0 saturated heterocycles. The molecule has 9 aromatic rings. The highest BCUT2D eigenvalue weighted by Gasteiger charge is 2.22. The molecule has 0 atom stereocenters. The summed E-state index contributed by atoms with van der Waals surface area (Å²) in [4.78, 5) is 15.3. The quantitative estimate of drug-likeness (QED) is 0.241. The van der Waals surface area contributed by atoms with Crippen LogP contribution in [0.25, 0.3) is 77.6 Å². The van der Waals surface area contributed by atoms with Gasteiger partial charge in [-0.2, -0.15) is 0 Å². The molecule has 0 fully saturated rings. The van der Waals surface area contributed by atoms with Crippen molar-refractivity contribution in [2.45, 2.75) is 0 Å². The zero-order chi connectivity index (χ0) is 25.5. The van der Waals surface area contributed by atoms with Gasteiger partial charge in [0.15, 0.2) is 11.3 Å². The molecule has 6 heteroatoms. The zero-order valence-electron chi connectivity index (χ0n) is 20.6. The van der Waals surface area contributed by atoms with Crippen LogP contribution in [0.3, 0.4) is 0 Å². The minimum absolute atomic E-state index is 0.767. The third kappa shape index (κ3) is 2.77. The Labute approximate surface area is 221 Å². The molecule has 6 nitrogen and oxygen atoms in total. The van der Waals surface area contributed by atoms with E-state index in [0.29, 0.717) is 0 Å². The molecule has 0 amide bonds.